The van der Waals surface area contributed by atoms with Crippen molar-refractivity contribution in [1.82, 2.24) is 9.97 Å². The van der Waals surface area contributed by atoms with Gasteiger partial charge in [-0.2, -0.15) is 0 Å². The number of hydrogen-bond acceptors (Lipinski definition) is 4. The fraction of sp³-hybridized carbons (Fsp3) is 0.167. The lowest BCUT2D eigenvalue weighted by Crippen LogP contribution is -2.03. The van der Waals surface area contributed by atoms with Crippen molar-refractivity contribution < 1.29 is 4.79 Å². The molecular formula is C6H7N3O. The van der Waals surface area contributed by atoms with E-state index in [0.29, 0.717) is 0 Å². The van der Waals surface area contributed by atoms with Crippen LogP contribution in [-0.2, 0) is 0 Å². The van der Waals surface area contributed by atoms with E-state index < -0.39 is 0 Å². The van der Waals surface area contributed by atoms with Crippen LogP contribution in [0.1, 0.15) is 17.4 Å². The topological polar surface area (TPSA) is 68.9 Å². The van der Waals surface area contributed by atoms with Crippen LogP contribution in [0.2, 0.25) is 0 Å². The smallest absolute Gasteiger partial charge is 0.181 e. The van der Waals surface area contributed by atoms with Crippen molar-refractivity contribution in [2.45, 2.75) is 6.92 Å². The van der Waals surface area contributed by atoms with Gasteiger partial charge in [0.25, 0.3) is 0 Å². The second-order valence-electron chi connectivity index (χ2n) is 1.85. The molecular weight excluding hydrogens is 130 g/mol. The molecule has 0 amide bonds. The summed E-state index contributed by atoms with van der Waals surface area (Å²) in [7, 11) is 0. The van der Waals surface area contributed by atoms with Gasteiger partial charge in [-0.3, -0.25) is 4.79 Å². The van der Waals surface area contributed by atoms with Gasteiger partial charge in [-0.1, -0.05) is 0 Å². The van der Waals surface area contributed by atoms with Gasteiger partial charge in [-0.05, 0) is 0 Å². The van der Waals surface area contributed by atoms with Gasteiger partial charge in [-0.25, -0.2) is 9.97 Å². The summed E-state index contributed by atoms with van der Waals surface area (Å²) in [6.45, 7) is 1.40. The number of nitrogens with two attached hydrogens (primary N) is 1. The standard InChI is InChI=1S/C6H7N3O/c1-4(10)5-6(7)9-3-2-8-5/h2-3H,1H3,(H2,7,9). The molecule has 0 aliphatic heterocycles. The van der Waals surface area contributed by atoms with E-state index in [-0.39, 0.29) is 17.3 Å². The van der Waals surface area contributed by atoms with Crippen LogP contribution in [0.4, 0.5) is 5.82 Å². The van der Waals surface area contributed by atoms with E-state index in [1.807, 2.05) is 0 Å². The summed E-state index contributed by atoms with van der Waals surface area (Å²) in [4.78, 5) is 18.1. The molecule has 52 valence electrons. The molecule has 0 fully saturated rings. The average molecular weight is 137 g/mol. The molecule has 0 aromatic carbocycles. The highest BCUT2D eigenvalue weighted by molar-refractivity contribution is 5.95. The molecule has 1 aromatic heterocycles. The van der Waals surface area contributed by atoms with Gasteiger partial charge in [0, 0.05) is 19.3 Å². The molecule has 0 aliphatic rings. The third-order valence-corrected chi connectivity index (χ3v) is 1.06. The summed E-state index contributed by atoms with van der Waals surface area (Å²) in [5.74, 6) is 0.0283. The molecule has 0 bridgehead atoms. The molecule has 10 heavy (non-hydrogen) atoms. The van der Waals surface area contributed by atoms with Gasteiger partial charge in [0.2, 0.25) is 0 Å². The monoisotopic (exact) mass is 137 g/mol. The molecule has 0 aliphatic carbocycles. The maximum atomic E-state index is 10.7. The van der Waals surface area contributed by atoms with Gasteiger partial charge >= 0.3 is 0 Å². The first kappa shape index (κ1) is 6.67. The summed E-state index contributed by atoms with van der Waals surface area (Å²) in [5.41, 5.74) is 5.57. The Bertz CT molecular complexity index is 259. The molecule has 0 unspecified atom stereocenters. The largest absolute Gasteiger partial charge is 0.382 e. The first-order valence-corrected chi connectivity index (χ1v) is 2.79. The number of carbonyl (C=O) groups is 1. The van der Waals surface area contributed by atoms with Gasteiger partial charge < -0.3 is 5.73 Å². The molecule has 0 atom stereocenters. The molecule has 2 N–H and O–H groups in total. The predicted molar refractivity (Wildman–Crippen MR) is 36.4 cm³/mol. The van der Waals surface area contributed by atoms with Crippen LogP contribution in [0.15, 0.2) is 12.4 Å². The summed E-state index contributed by atoms with van der Waals surface area (Å²) < 4.78 is 0. The lowest BCUT2D eigenvalue weighted by molar-refractivity contribution is 0.101. The second-order valence-corrected chi connectivity index (χ2v) is 1.85. The van der Waals surface area contributed by atoms with Crippen molar-refractivity contribution in [2.75, 3.05) is 5.73 Å². The third kappa shape index (κ3) is 1.10. The molecule has 0 saturated carbocycles. The van der Waals surface area contributed by atoms with Gasteiger partial charge in [-0.15, -0.1) is 0 Å². The zero-order chi connectivity index (χ0) is 7.56. The quantitative estimate of drug-likeness (QED) is 0.564. The Morgan fingerprint density at radius 3 is 2.50 bits per heavy atom. The normalized spacial score (nSPS) is 9.30. The number of hydrogen-bond donors (Lipinski definition) is 1. The van der Waals surface area contributed by atoms with Crippen LogP contribution in [0.3, 0.4) is 0 Å². The zero-order valence-corrected chi connectivity index (χ0v) is 5.53. The van der Waals surface area contributed by atoms with Crippen LogP contribution in [0.25, 0.3) is 0 Å². The minimum absolute atomic E-state index is 0.161. The highest BCUT2D eigenvalue weighted by Gasteiger charge is 2.04. The predicted octanol–water partition coefficient (Wildman–Crippen LogP) is 0.261. The Balaban J connectivity index is 3.15. The van der Waals surface area contributed by atoms with Crippen molar-refractivity contribution in [3.8, 4) is 0 Å². The molecule has 1 heterocycles. The molecule has 0 spiro atoms. The van der Waals surface area contributed by atoms with Crippen LogP contribution in [0, 0.1) is 0 Å². The minimum atomic E-state index is -0.161. The van der Waals surface area contributed by atoms with Crippen LogP contribution >= 0.6 is 0 Å². The summed E-state index contributed by atoms with van der Waals surface area (Å²) >= 11 is 0. The molecule has 0 radical (unpaired) electrons. The number of aromatic nitrogens is 2. The first-order chi connectivity index (χ1) is 4.72. The Morgan fingerprint density at radius 2 is 2.10 bits per heavy atom. The average Bonchev–Trinajstić information content (AvgIpc) is 1.88. The number of nitrogens with zero attached hydrogens (tertiary/aromatic N) is 2. The van der Waals surface area contributed by atoms with E-state index in [0.717, 1.165) is 0 Å². The van der Waals surface area contributed by atoms with E-state index in [1.165, 1.54) is 19.3 Å². The lowest BCUT2D eigenvalue weighted by Gasteiger charge is -1.95. The molecule has 1 aromatic rings. The first-order valence-electron chi connectivity index (χ1n) is 2.79. The number of Topliss-reactive ketones (excluding diaryl/α,β-unsaturated/α-hetero) is 1. The van der Waals surface area contributed by atoms with Crippen molar-refractivity contribution >= 4 is 11.6 Å². The Labute approximate surface area is 58.1 Å². The Morgan fingerprint density at radius 1 is 1.50 bits per heavy atom. The lowest BCUT2D eigenvalue weighted by atomic mass is 10.3. The second kappa shape index (κ2) is 2.43. The van der Waals surface area contributed by atoms with E-state index in [2.05, 4.69) is 9.97 Å². The minimum Gasteiger partial charge on any atom is -0.382 e. The fourth-order valence-corrected chi connectivity index (χ4v) is 0.620. The number of anilines is 1. The zero-order valence-electron chi connectivity index (χ0n) is 5.53. The van der Waals surface area contributed by atoms with Crippen molar-refractivity contribution in [3.63, 3.8) is 0 Å². The van der Waals surface area contributed by atoms with Crippen molar-refractivity contribution in [3.05, 3.63) is 18.1 Å². The number of ketones is 1. The van der Waals surface area contributed by atoms with Crippen LogP contribution < -0.4 is 5.73 Å². The summed E-state index contributed by atoms with van der Waals surface area (Å²) in [5, 5.41) is 0. The van der Waals surface area contributed by atoms with E-state index >= 15 is 0 Å². The number of rotatable bonds is 1. The SMILES string of the molecule is CC(=O)c1nccnc1N. The third-order valence-electron chi connectivity index (χ3n) is 1.06. The van der Waals surface area contributed by atoms with E-state index in [9.17, 15) is 4.79 Å². The molecule has 0 saturated heterocycles. The van der Waals surface area contributed by atoms with Crippen LogP contribution in [-0.4, -0.2) is 15.8 Å². The number of nitrogen functional groups attached to an aromatic ring is 1. The Hall–Kier alpha value is -1.45. The molecule has 4 nitrogen and oxygen atoms in total. The Kier molecular flexibility index (Phi) is 1.62. The number of carbonyl (C=O) groups excluding carboxylic acids is 1. The highest BCUT2D eigenvalue weighted by atomic mass is 16.1. The fourth-order valence-electron chi connectivity index (χ4n) is 0.620. The maximum absolute atomic E-state index is 10.7. The van der Waals surface area contributed by atoms with E-state index in [4.69, 9.17) is 5.73 Å². The highest BCUT2D eigenvalue weighted by Crippen LogP contribution is 2.02. The molecule has 1 rings (SSSR count). The van der Waals surface area contributed by atoms with Crippen molar-refractivity contribution in [2.24, 2.45) is 0 Å². The van der Waals surface area contributed by atoms with E-state index in [1.54, 1.807) is 0 Å². The van der Waals surface area contributed by atoms with Crippen molar-refractivity contribution in [1.29, 1.82) is 0 Å². The molecule has 4 heteroatoms. The summed E-state index contributed by atoms with van der Waals surface area (Å²) in [6.07, 6.45) is 2.88. The van der Waals surface area contributed by atoms with Crippen LogP contribution in [0.5, 0.6) is 0 Å². The summed E-state index contributed by atoms with van der Waals surface area (Å²) in [6, 6.07) is 0. The van der Waals surface area contributed by atoms with Gasteiger partial charge in [0.1, 0.15) is 5.69 Å². The maximum Gasteiger partial charge on any atom is 0.181 e. The van der Waals surface area contributed by atoms with Gasteiger partial charge in [0.15, 0.2) is 11.6 Å². The van der Waals surface area contributed by atoms with Gasteiger partial charge in [0.05, 0.1) is 0 Å².